The number of carbonyl (C=O) groups is 1. The van der Waals surface area contributed by atoms with Crippen molar-refractivity contribution in [1.29, 1.82) is 0 Å². The standard InChI is InChI=1S/C15H14FNO2S/c16-19-15(18)14(17)10-13-9-8-12(20-13)7-6-11-4-2-1-3-5-11/h1-5,8-10H,6-7,17H2/b14-10-. The molecule has 0 aliphatic heterocycles. The fourth-order valence-corrected chi connectivity index (χ4v) is 2.74. The maximum Gasteiger partial charge on any atom is 0.395 e. The molecule has 0 aliphatic rings. The molecule has 5 heteroatoms. The molecule has 0 fully saturated rings. The number of hydrogen-bond donors (Lipinski definition) is 1. The van der Waals surface area contributed by atoms with Gasteiger partial charge in [0.2, 0.25) is 0 Å². The van der Waals surface area contributed by atoms with Gasteiger partial charge in [0, 0.05) is 14.3 Å². The Morgan fingerprint density at radius 2 is 1.95 bits per heavy atom. The minimum absolute atomic E-state index is 0.246. The van der Waals surface area contributed by atoms with Gasteiger partial charge in [-0.15, -0.1) is 11.3 Å². The topological polar surface area (TPSA) is 52.3 Å². The van der Waals surface area contributed by atoms with Crippen molar-refractivity contribution in [3.8, 4) is 0 Å². The van der Waals surface area contributed by atoms with E-state index in [1.807, 2.05) is 30.3 Å². The molecule has 0 atom stereocenters. The number of hydrogen-bond acceptors (Lipinski definition) is 4. The van der Waals surface area contributed by atoms with Crippen molar-refractivity contribution in [1.82, 2.24) is 0 Å². The maximum absolute atomic E-state index is 11.7. The monoisotopic (exact) mass is 291 g/mol. The van der Waals surface area contributed by atoms with Crippen LogP contribution in [0.3, 0.4) is 0 Å². The van der Waals surface area contributed by atoms with Crippen molar-refractivity contribution in [3.63, 3.8) is 0 Å². The molecule has 104 valence electrons. The molecule has 2 aromatic rings. The van der Waals surface area contributed by atoms with Gasteiger partial charge in [-0.1, -0.05) is 30.3 Å². The number of carbonyl (C=O) groups excluding carboxylic acids is 1. The Hall–Kier alpha value is -2.14. The number of halogens is 1. The van der Waals surface area contributed by atoms with Gasteiger partial charge in [-0.05, 0) is 36.6 Å². The summed E-state index contributed by atoms with van der Waals surface area (Å²) in [6.07, 6.45) is 3.28. The van der Waals surface area contributed by atoms with Gasteiger partial charge in [0.05, 0.1) is 0 Å². The van der Waals surface area contributed by atoms with Crippen LogP contribution < -0.4 is 5.73 Å². The fourth-order valence-electron chi connectivity index (χ4n) is 1.78. The van der Waals surface area contributed by atoms with Crippen LogP contribution in [0.15, 0.2) is 48.2 Å². The molecular weight excluding hydrogens is 277 g/mol. The molecule has 20 heavy (non-hydrogen) atoms. The Morgan fingerprint density at radius 3 is 2.65 bits per heavy atom. The van der Waals surface area contributed by atoms with E-state index >= 15 is 0 Å². The highest BCUT2D eigenvalue weighted by atomic mass is 32.1. The molecule has 0 aliphatic carbocycles. The lowest BCUT2D eigenvalue weighted by atomic mass is 10.1. The van der Waals surface area contributed by atoms with Crippen LogP contribution in [0.2, 0.25) is 0 Å². The lowest BCUT2D eigenvalue weighted by Crippen LogP contribution is -2.10. The van der Waals surface area contributed by atoms with E-state index in [4.69, 9.17) is 5.73 Å². The first-order chi connectivity index (χ1) is 9.69. The van der Waals surface area contributed by atoms with Crippen LogP contribution in [0.25, 0.3) is 6.08 Å². The Bertz CT molecular complexity index is 607. The highest BCUT2D eigenvalue weighted by Crippen LogP contribution is 2.20. The second-order valence-electron chi connectivity index (χ2n) is 4.25. The average molecular weight is 291 g/mol. The summed E-state index contributed by atoms with van der Waals surface area (Å²) in [4.78, 5) is 15.9. The molecule has 0 amide bonds. The van der Waals surface area contributed by atoms with Crippen LogP contribution in [-0.2, 0) is 22.6 Å². The normalized spacial score (nSPS) is 11.3. The van der Waals surface area contributed by atoms with Crippen LogP contribution >= 0.6 is 11.3 Å². The molecule has 3 nitrogen and oxygen atoms in total. The molecule has 2 rings (SSSR count). The summed E-state index contributed by atoms with van der Waals surface area (Å²) < 4.78 is 11.7. The fraction of sp³-hybridized carbons (Fsp3) is 0.133. The van der Waals surface area contributed by atoms with Crippen molar-refractivity contribution in [2.24, 2.45) is 5.73 Å². The molecule has 0 saturated carbocycles. The zero-order valence-corrected chi connectivity index (χ0v) is 11.5. The molecule has 0 unspecified atom stereocenters. The molecular formula is C15H14FNO2S. The summed E-state index contributed by atoms with van der Waals surface area (Å²) in [5.41, 5.74) is 6.42. The summed E-state index contributed by atoms with van der Waals surface area (Å²) in [5, 5.41) is 0. The van der Waals surface area contributed by atoms with Crippen molar-refractivity contribution in [2.75, 3.05) is 0 Å². The number of benzene rings is 1. The molecule has 1 aromatic heterocycles. The van der Waals surface area contributed by atoms with E-state index in [9.17, 15) is 9.32 Å². The van der Waals surface area contributed by atoms with Crippen LogP contribution in [0.1, 0.15) is 15.3 Å². The second kappa shape index (κ2) is 6.86. The van der Waals surface area contributed by atoms with Gasteiger partial charge in [-0.2, -0.15) is 0 Å². The van der Waals surface area contributed by atoms with Crippen LogP contribution in [0, 0.1) is 0 Å². The van der Waals surface area contributed by atoms with Gasteiger partial charge in [0.15, 0.2) is 0 Å². The summed E-state index contributed by atoms with van der Waals surface area (Å²) in [5.74, 6) is -1.16. The quantitative estimate of drug-likeness (QED) is 0.860. The summed E-state index contributed by atoms with van der Waals surface area (Å²) in [6, 6.07) is 14.0. The first kappa shape index (κ1) is 14.3. The molecule has 0 spiro atoms. The zero-order valence-electron chi connectivity index (χ0n) is 10.7. The van der Waals surface area contributed by atoms with Gasteiger partial charge in [-0.3, -0.25) is 0 Å². The van der Waals surface area contributed by atoms with E-state index < -0.39 is 5.97 Å². The molecule has 0 radical (unpaired) electrons. The van der Waals surface area contributed by atoms with Crippen molar-refractivity contribution < 1.29 is 14.3 Å². The maximum atomic E-state index is 11.7. The lowest BCUT2D eigenvalue weighted by Gasteiger charge is -1.98. The number of aryl methyl sites for hydroxylation is 2. The summed E-state index contributed by atoms with van der Waals surface area (Å²) in [7, 11) is 0. The molecule has 1 aromatic carbocycles. The lowest BCUT2D eigenvalue weighted by molar-refractivity contribution is -0.178. The molecule has 1 heterocycles. The Labute approximate surface area is 120 Å². The van der Waals surface area contributed by atoms with Gasteiger partial charge in [0.25, 0.3) is 0 Å². The Balaban J connectivity index is 1.97. The van der Waals surface area contributed by atoms with E-state index in [2.05, 4.69) is 17.1 Å². The van der Waals surface area contributed by atoms with E-state index in [0.717, 1.165) is 17.7 Å². The minimum atomic E-state index is -1.16. The number of thiophene rings is 1. The third-order valence-electron chi connectivity index (χ3n) is 2.79. The first-order valence-electron chi connectivity index (χ1n) is 6.12. The van der Waals surface area contributed by atoms with E-state index in [1.165, 1.54) is 27.9 Å². The third-order valence-corrected chi connectivity index (χ3v) is 3.88. The van der Waals surface area contributed by atoms with Crippen LogP contribution in [0.4, 0.5) is 4.53 Å². The van der Waals surface area contributed by atoms with Crippen molar-refractivity contribution >= 4 is 23.4 Å². The second-order valence-corrected chi connectivity index (χ2v) is 5.45. The molecule has 2 N–H and O–H groups in total. The Morgan fingerprint density at radius 1 is 1.20 bits per heavy atom. The van der Waals surface area contributed by atoms with Crippen LogP contribution in [-0.4, -0.2) is 5.97 Å². The van der Waals surface area contributed by atoms with Gasteiger partial charge in [0.1, 0.15) is 5.70 Å². The third kappa shape index (κ3) is 3.93. The van der Waals surface area contributed by atoms with Gasteiger partial charge in [-0.25, -0.2) is 9.74 Å². The van der Waals surface area contributed by atoms with E-state index in [1.54, 1.807) is 0 Å². The molecule has 0 saturated heterocycles. The van der Waals surface area contributed by atoms with E-state index in [0.29, 0.717) is 0 Å². The largest absolute Gasteiger partial charge is 0.395 e. The smallest absolute Gasteiger partial charge is 0.393 e. The number of nitrogens with two attached hydrogens (primary N) is 1. The predicted octanol–water partition coefficient (Wildman–Crippen LogP) is 3.26. The highest BCUT2D eigenvalue weighted by Gasteiger charge is 2.08. The highest BCUT2D eigenvalue weighted by molar-refractivity contribution is 7.12. The van der Waals surface area contributed by atoms with Gasteiger partial charge >= 0.3 is 5.97 Å². The van der Waals surface area contributed by atoms with Gasteiger partial charge < -0.3 is 5.73 Å². The van der Waals surface area contributed by atoms with Crippen molar-refractivity contribution in [3.05, 3.63) is 63.5 Å². The van der Waals surface area contributed by atoms with E-state index in [-0.39, 0.29) is 5.70 Å². The summed E-state index contributed by atoms with van der Waals surface area (Å²) in [6.45, 7) is 0. The predicted molar refractivity (Wildman–Crippen MR) is 77.5 cm³/mol. The number of rotatable bonds is 5. The Kier molecular flexibility index (Phi) is 4.90. The molecule has 0 bridgehead atoms. The zero-order chi connectivity index (χ0) is 14.4. The average Bonchev–Trinajstić information content (AvgIpc) is 2.92. The first-order valence-corrected chi connectivity index (χ1v) is 6.93. The summed E-state index contributed by atoms with van der Waals surface area (Å²) >= 11 is 1.52. The van der Waals surface area contributed by atoms with Crippen LogP contribution in [0.5, 0.6) is 0 Å². The minimum Gasteiger partial charge on any atom is -0.393 e. The van der Waals surface area contributed by atoms with Crippen molar-refractivity contribution in [2.45, 2.75) is 12.8 Å². The SMILES string of the molecule is N/C(=C\c1ccc(CCc2ccccc2)s1)C(=O)OF.